The molecule has 31 heavy (non-hydrogen) atoms. The van der Waals surface area contributed by atoms with Crippen LogP contribution in [-0.4, -0.2) is 40.4 Å². The van der Waals surface area contributed by atoms with Crippen molar-refractivity contribution in [3.63, 3.8) is 0 Å². The minimum atomic E-state index is -0.744. The van der Waals surface area contributed by atoms with Crippen LogP contribution < -0.4 is 34.9 Å². The van der Waals surface area contributed by atoms with Gasteiger partial charge in [-0.3, -0.25) is 4.79 Å². The number of amides is 3. The molecule has 2 aromatic rings. The Morgan fingerprint density at radius 2 is 1.55 bits per heavy atom. The van der Waals surface area contributed by atoms with Gasteiger partial charge in [0.1, 0.15) is 23.0 Å². The van der Waals surface area contributed by atoms with E-state index in [0.29, 0.717) is 45.5 Å². The second kappa shape index (κ2) is 9.29. The van der Waals surface area contributed by atoms with Crippen molar-refractivity contribution in [2.45, 2.75) is 13.0 Å². The van der Waals surface area contributed by atoms with E-state index in [0.717, 1.165) is 0 Å². The van der Waals surface area contributed by atoms with Crippen molar-refractivity contribution < 1.29 is 28.5 Å². The normalized spacial score (nSPS) is 15.5. The summed E-state index contributed by atoms with van der Waals surface area (Å²) in [6.45, 7) is 1.67. The average Bonchev–Trinajstić information content (AvgIpc) is 2.77. The van der Waals surface area contributed by atoms with Crippen LogP contribution in [0, 0.1) is 0 Å². The minimum absolute atomic E-state index is 0.327. The summed E-state index contributed by atoms with van der Waals surface area (Å²) in [5, 5.41) is 8.30. The van der Waals surface area contributed by atoms with E-state index in [4.69, 9.17) is 18.9 Å². The van der Waals surface area contributed by atoms with Gasteiger partial charge in [0, 0.05) is 23.4 Å². The number of anilines is 1. The van der Waals surface area contributed by atoms with Gasteiger partial charge in [-0.25, -0.2) is 4.79 Å². The van der Waals surface area contributed by atoms with Gasteiger partial charge < -0.3 is 34.9 Å². The number of urea groups is 1. The number of ether oxygens (including phenoxy) is 4. The van der Waals surface area contributed by atoms with Crippen LogP contribution in [0.5, 0.6) is 23.0 Å². The van der Waals surface area contributed by atoms with Gasteiger partial charge >= 0.3 is 6.03 Å². The number of carbonyl (C=O) groups is 2. The van der Waals surface area contributed by atoms with Crippen molar-refractivity contribution in [3.05, 3.63) is 53.2 Å². The lowest BCUT2D eigenvalue weighted by Crippen LogP contribution is -2.46. The third-order valence-electron chi connectivity index (χ3n) is 4.92. The fourth-order valence-electron chi connectivity index (χ4n) is 3.39. The molecule has 0 aromatic heterocycles. The van der Waals surface area contributed by atoms with E-state index < -0.39 is 18.0 Å². The minimum Gasteiger partial charge on any atom is -0.497 e. The van der Waals surface area contributed by atoms with E-state index in [1.807, 2.05) is 0 Å². The Morgan fingerprint density at radius 3 is 2.19 bits per heavy atom. The maximum Gasteiger partial charge on any atom is 0.319 e. The molecule has 1 aliphatic heterocycles. The molecule has 9 heteroatoms. The van der Waals surface area contributed by atoms with Gasteiger partial charge in [-0.05, 0) is 31.2 Å². The van der Waals surface area contributed by atoms with Crippen LogP contribution >= 0.6 is 0 Å². The number of benzene rings is 2. The molecule has 0 radical (unpaired) electrons. The summed E-state index contributed by atoms with van der Waals surface area (Å²) in [7, 11) is 6.10. The first kappa shape index (κ1) is 21.8. The maximum absolute atomic E-state index is 13.3. The molecule has 0 saturated heterocycles. The first-order chi connectivity index (χ1) is 14.9. The molecule has 3 amide bonds. The summed E-state index contributed by atoms with van der Waals surface area (Å²) in [5.41, 5.74) is 1.80. The van der Waals surface area contributed by atoms with E-state index in [-0.39, 0.29) is 0 Å². The summed E-state index contributed by atoms with van der Waals surface area (Å²) >= 11 is 0. The molecule has 2 aromatic carbocycles. The third kappa shape index (κ3) is 4.50. The number of nitrogens with one attached hydrogen (secondary N) is 3. The standard InChI is InChI=1S/C22H25N3O6/c1-12-19(21(26)24-16-10-13(28-2)7-9-17(16)30-4)20(25-22(27)23-12)15-8-6-14(29-3)11-18(15)31-5/h6-11,20H,1-5H3,(H,24,26)(H2,23,25,27)/t20-/m0/s1. The molecular formula is C22H25N3O6. The van der Waals surface area contributed by atoms with Crippen LogP contribution in [0.3, 0.4) is 0 Å². The third-order valence-corrected chi connectivity index (χ3v) is 4.92. The van der Waals surface area contributed by atoms with Gasteiger partial charge in [0.15, 0.2) is 0 Å². The fraction of sp³-hybridized carbons (Fsp3) is 0.273. The predicted molar refractivity (Wildman–Crippen MR) is 115 cm³/mol. The Balaban J connectivity index is 2.02. The quantitative estimate of drug-likeness (QED) is 0.627. The van der Waals surface area contributed by atoms with Gasteiger partial charge in [-0.2, -0.15) is 0 Å². The molecule has 1 atom stereocenters. The topological polar surface area (TPSA) is 107 Å². The molecule has 1 aliphatic rings. The highest BCUT2D eigenvalue weighted by molar-refractivity contribution is 6.07. The van der Waals surface area contributed by atoms with Crippen molar-refractivity contribution >= 4 is 17.6 Å². The fourth-order valence-corrected chi connectivity index (χ4v) is 3.39. The largest absolute Gasteiger partial charge is 0.497 e. The van der Waals surface area contributed by atoms with Crippen LogP contribution in [0.25, 0.3) is 0 Å². The van der Waals surface area contributed by atoms with Gasteiger partial charge in [0.25, 0.3) is 5.91 Å². The molecule has 0 aliphatic carbocycles. The summed E-state index contributed by atoms with van der Waals surface area (Å²) in [6, 6.07) is 9.10. The Bertz CT molecular complexity index is 1030. The van der Waals surface area contributed by atoms with E-state index in [1.165, 1.54) is 21.3 Å². The average molecular weight is 427 g/mol. The van der Waals surface area contributed by atoms with Gasteiger partial charge in [0.2, 0.25) is 0 Å². The van der Waals surface area contributed by atoms with E-state index in [1.54, 1.807) is 50.4 Å². The molecule has 0 bridgehead atoms. The van der Waals surface area contributed by atoms with Gasteiger partial charge in [-0.1, -0.05) is 0 Å². The zero-order chi connectivity index (χ0) is 22.5. The molecule has 0 spiro atoms. The van der Waals surface area contributed by atoms with E-state index >= 15 is 0 Å². The maximum atomic E-state index is 13.3. The first-order valence-electron chi connectivity index (χ1n) is 9.45. The number of carbonyl (C=O) groups excluding carboxylic acids is 2. The van der Waals surface area contributed by atoms with Crippen LogP contribution in [0.4, 0.5) is 10.5 Å². The molecule has 1 heterocycles. The lowest BCUT2D eigenvalue weighted by atomic mass is 9.94. The Kier molecular flexibility index (Phi) is 6.54. The van der Waals surface area contributed by atoms with Crippen LogP contribution in [0.1, 0.15) is 18.5 Å². The van der Waals surface area contributed by atoms with E-state index in [2.05, 4.69) is 16.0 Å². The molecule has 9 nitrogen and oxygen atoms in total. The smallest absolute Gasteiger partial charge is 0.319 e. The van der Waals surface area contributed by atoms with Crippen molar-refractivity contribution in [1.82, 2.24) is 10.6 Å². The zero-order valence-corrected chi connectivity index (χ0v) is 18.0. The number of rotatable bonds is 7. The summed E-state index contributed by atoms with van der Waals surface area (Å²) in [4.78, 5) is 25.5. The summed E-state index contributed by atoms with van der Waals surface area (Å²) < 4.78 is 21.3. The SMILES string of the molecule is COc1ccc(OC)c(NC(=O)C2=C(C)NC(=O)N[C@H]2c2ccc(OC)cc2OC)c1. The Hall–Kier alpha value is -3.88. The first-order valence-corrected chi connectivity index (χ1v) is 9.45. The Morgan fingerprint density at radius 1 is 0.903 bits per heavy atom. The highest BCUT2D eigenvalue weighted by atomic mass is 16.5. The lowest BCUT2D eigenvalue weighted by molar-refractivity contribution is -0.113. The molecule has 0 fully saturated rings. The Labute approximate surface area is 180 Å². The number of methoxy groups -OCH3 is 4. The molecule has 164 valence electrons. The summed E-state index contributed by atoms with van der Waals surface area (Å²) in [6.07, 6.45) is 0. The van der Waals surface area contributed by atoms with Crippen LogP contribution in [0.2, 0.25) is 0 Å². The van der Waals surface area contributed by atoms with Crippen molar-refractivity contribution in [1.29, 1.82) is 0 Å². The molecule has 3 rings (SSSR count). The monoisotopic (exact) mass is 427 g/mol. The van der Waals surface area contributed by atoms with Crippen molar-refractivity contribution in [3.8, 4) is 23.0 Å². The van der Waals surface area contributed by atoms with Crippen molar-refractivity contribution in [2.24, 2.45) is 0 Å². The lowest BCUT2D eigenvalue weighted by Gasteiger charge is -2.29. The highest BCUT2D eigenvalue weighted by Gasteiger charge is 2.33. The van der Waals surface area contributed by atoms with Crippen LogP contribution in [0.15, 0.2) is 47.7 Å². The van der Waals surface area contributed by atoms with Gasteiger partial charge in [0.05, 0.1) is 45.7 Å². The predicted octanol–water partition coefficient (Wildman–Crippen LogP) is 2.99. The second-order valence-electron chi connectivity index (χ2n) is 6.70. The second-order valence-corrected chi connectivity index (χ2v) is 6.70. The van der Waals surface area contributed by atoms with Crippen molar-refractivity contribution in [2.75, 3.05) is 33.8 Å². The number of hydrogen-bond acceptors (Lipinski definition) is 6. The number of allylic oxidation sites excluding steroid dienone is 1. The number of hydrogen-bond donors (Lipinski definition) is 3. The molecule has 3 N–H and O–H groups in total. The van der Waals surface area contributed by atoms with E-state index in [9.17, 15) is 9.59 Å². The zero-order valence-electron chi connectivity index (χ0n) is 18.0. The van der Waals surface area contributed by atoms with Crippen LogP contribution in [-0.2, 0) is 4.79 Å². The molecule has 0 saturated carbocycles. The molecule has 0 unspecified atom stereocenters. The van der Waals surface area contributed by atoms with Gasteiger partial charge in [-0.15, -0.1) is 0 Å². The summed E-state index contributed by atoms with van der Waals surface area (Å²) in [5.74, 6) is 1.68. The highest BCUT2D eigenvalue weighted by Crippen LogP contribution is 2.36. The molecular weight excluding hydrogens is 402 g/mol.